The van der Waals surface area contributed by atoms with Crippen LogP contribution in [0.2, 0.25) is 0 Å². The molecule has 1 fully saturated rings. The van der Waals surface area contributed by atoms with Crippen LogP contribution in [-0.4, -0.2) is 51.9 Å². The number of ether oxygens (including phenoxy) is 1. The fraction of sp³-hybridized carbons (Fsp3) is 0.619. The van der Waals surface area contributed by atoms with Crippen molar-refractivity contribution in [3.05, 3.63) is 35.9 Å². The van der Waals surface area contributed by atoms with Crippen LogP contribution >= 0.6 is 15.9 Å². The predicted octanol–water partition coefficient (Wildman–Crippen LogP) is 4.59. The van der Waals surface area contributed by atoms with E-state index in [1.165, 1.54) is 0 Å². The average Bonchev–Trinajstić information content (AvgIpc) is 2.77. The Balaban J connectivity index is 2.18. The molecule has 0 radical (unpaired) electrons. The highest BCUT2D eigenvalue weighted by atomic mass is 79.9. The minimum atomic E-state index is -0.582. The number of halogens is 1. The van der Waals surface area contributed by atoms with Gasteiger partial charge in [0.1, 0.15) is 11.6 Å². The zero-order valence-electron chi connectivity index (χ0n) is 16.6. The van der Waals surface area contributed by atoms with Crippen molar-refractivity contribution >= 4 is 27.9 Å². The Morgan fingerprint density at radius 2 is 1.96 bits per heavy atom. The van der Waals surface area contributed by atoms with Gasteiger partial charge >= 0.3 is 6.09 Å². The fourth-order valence-corrected chi connectivity index (χ4v) is 3.51. The summed E-state index contributed by atoms with van der Waals surface area (Å²) in [5, 5.41) is 0.779. The van der Waals surface area contributed by atoms with Crippen molar-refractivity contribution < 1.29 is 14.3 Å². The molecular formula is C21H31BrN2O3. The molecule has 0 aromatic heterocycles. The van der Waals surface area contributed by atoms with Crippen LogP contribution in [0.1, 0.15) is 52.0 Å². The van der Waals surface area contributed by atoms with Gasteiger partial charge in [0.15, 0.2) is 0 Å². The second kappa shape index (κ2) is 10.1. The molecule has 27 heavy (non-hydrogen) atoms. The van der Waals surface area contributed by atoms with Crippen LogP contribution in [0.3, 0.4) is 0 Å². The molecule has 2 rings (SSSR count). The zero-order chi connectivity index (χ0) is 19.9. The molecule has 0 N–H and O–H groups in total. The van der Waals surface area contributed by atoms with E-state index in [0.29, 0.717) is 19.5 Å². The van der Waals surface area contributed by atoms with Gasteiger partial charge in [0, 0.05) is 25.0 Å². The Morgan fingerprint density at radius 1 is 1.26 bits per heavy atom. The minimum absolute atomic E-state index is 0.0248. The summed E-state index contributed by atoms with van der Waals surface area (Å²) in [6, 6.07) is 9.55. The second-order valence-corrected chi connectivity index (χ2v) is 8.77. The Labute approximate surface area is 171 Å². The molecule has 150 valence electrons. The third-order valence-corrected chi connectivity index (χ3v) is 5.07. The number of carbonyl (C=O) groups excluding carboxylic acids is 2. The number of hydrogen-bond acceptors (Lipinski definition) is 3. The van der Waals surface area contributed by atoms with Crippen molar-refractivity contribution in [2.75, 3.05) is 18.4 Å². The number of benzene rings is 1. The second-order valence-electron chi connectivity index (χ2n) is 7.97. The normalized spacial score (nSPS) is 18.1. The first kappa shape index (κ1) is 21.7. The lowest BCUT2D eigenvalue weighted by molar-refractivity contribution is -0.137. The summed E-state index contributed by atoms with van der Waals surface area (Å²) < 4.78 is 5.59. The van der Waals surface area contributed by atoms with Gasteiger partial charge in [-0.3, -0.25) is 9.69 Å². The number of rotatable bonds is 6. The summed E-state index contributed by atoms with van der Waals surface area (Å²) in [5.41, 5.74) is 0.525. The monoisotopic (exact) mass is 438 g/mol. The van der Waals surface area contributed by atoms with E-state index >= 15 is 0 Å². The maximum absolute atomic E-state index is 13.3. The van der Waals surface area contributed by atoms with Gasteiger partial charge in [0.25, 0.3) is 0 Å². The zero-order valence-corrected chi connectivity index (χ0v) is 18.2. The van der Waals surface area contributed by atoms with Crippen molar-refractivity contribution in [2.45, 2.75) is 64.6 Å². The number of nitrogens with zero attached hydrogens (tertiary/aromatic N) is 2. The topological polar surface area (TPSA) is 49.9 Å². The molecule has 0 unspecified atom stereocenters. The van der Waals surface area contributed by atoms with Crippen molar-refractivity contribution in [1.82, 2.24) is 9.80 Å². The molecule has 1 aliphatic rings. The van der Waals surface area contributed by atoms with E-state index in [2.05, 4.69) is 15.9 Å². The van der Waals surface area contributed by atoms with Gasteiger partial charge in [-0.25, -0.2) is 4.79 Å². The van der Waals surface area contributed by atoms with E-state index < -0.39 is 17.7 Å². The standard InChI is InChI=1S/C21H31BrN2O3/c1-21(2,3)27-20(26)24(15-9-13-22)18-12-7-8-14-23(19(18)25)16-17-10-5-4-6-11-17/h4-6,10-11,18H,7-9,12-16H2,1-3H3/t18-/m0/s1. The molecule has 2 amide bonds. The molecule has 1 aliphatic heterocycles. The van der Waals surface area contributed by atoms with Crippen LogP contribution in [0, 0.1) is 0 Å². The molecule has 1 saturated heterocycles. The molecule has 0 aliphatic carbocycles. The number of amides is 2. The van der Waals surface area contributed by atoms with Gasteiger partial charge in [-0.1, -0.05) is 46.3 Å². The SMILES string of the molecule is CC(C)(C)OC(=O)N(CCCBr)[C@H]1CCCCN(Cc2ccccc2)C1=O. The molecule has 0 spiro atoms. The lowest BCUT2D eigenvalue weighted by atomic mass is 10.1. The maximum atomic E-state index is 13.3. The van der Waals surface area contributed by atoms with E-state index in [1.807, 2.05) is 56.0 Å². The molecule has 0 saturated carbocycles. The molecule has 6 heteroatoms. The molecular weight excluding hydrogens is 408 g/mol. The van der Waals surface area contributed by atoms with Crippen LogP contribution in [-0.2, 0) is 16.1 Å². The Morgan fingerprint density at radius 3 is 2.59 bits per heavy atom. The summed E-state index contributed by atoms with van der Waals surface area (Å²) in [6.45, 7) is 7.37. The Bertz CT molecular complexity index is 616. The fourth-order valence-electron chi connectivity index (χ4n) is 3.26. The molecule has 0 bridgehead atoms. The van der Waals surface area contributed by atoms with Gasteiger partial charge in [-0.05, 0) is 52.0 Å². The highest BCUT2D eigenvalue weighted by molar-refractivity contribution is 9.09. The van der Waals surface area contributed by atoms with Crippen LogP contribution in [0.5, 0.6) is 0 Å². The first-order valence-corrected chi connectivity index (χ1v) is 10.8. The average molecular weight is 439 g/mol. The highest BCUT2D eigenvalue weighted by Gasteiger charge is 2.36. The van der Waals surface area contributed by atoms with Gasteiger partial charge in [0.2, 0.25) is 5.91 Å². The highest BCUT2D eigenvalue weighted by Crippen LogP contribution is 2.22. The molecule has 1 aromatic carbocycles. The minimum Gasteiger partial charge on any atom is -0.444 e. The van der Waals surface area contributed by atoms with Crippen molar-refractivity contribution in [3.8, 4) is 0 Å². The first-order chi connectivity index (χ1) is 12.8. The van der Waals surface area contributed by atoms with E-state index in [0.717, 1.165) is 36.7 Å². The van der Waals surface area contributed by atoms with Crippen LogP contribution in [0.15, 0.2) is 30.3 Å². The molecule has 1 atom stereocenters. The van der Waals surface area contributed by atoms with Crippen LogP contribution < -0.4 is 0 Å². The first-order valence-electron chi connectivity index (χ1n) is 9.70. The van der Waals surface area contributed by atoms with Gasteiger partial charge in [-0.2, -0.15) is 0 Å². The number of carbonyl (C=O) groups is 2. The summed E-state index contributed by atoms with van der Waals surface area (Å²) in [4.78, 5) is 29.6. The molecule has 5 nitrogen and oxygen atoms in total. The van der Waals surface area contributed by atoms with E-state index in [-0.39, 0.29) is 5.91 Å². The molecule has 1 heterocycles. The van der Waals surface area contributed by atoms with E-state index in [1.54, 1.807) is 4.90 Å². The Hall–Kier alpha value is -1.56. The van der Waals surface area contributed by atoms with Crippen LogP contribution in [0.25, 0.3) is 0 Å². The van der Waals surface area contributed by atoms with Crippen LogP contribution in [0.4, 0.5) is 4.79 Å². The smallest absolute Gasteiger partial charge is 0.410 e. The van der Waals surface area contributed by atoms with Gasteiger partial charge in [-0.15, -0.1) is 0 Å². The summed E-state index contributed by atoms with van der Waals surface area (Å²) in [5.74, 6) is 0.0248. The summed E-state index contributed by atoms with van der Waals surface area (Å²) in [7, 11) is 0. The third-order valence-electron chi connectivity index (χ3n) is 4.51. The van der Waals surface area contributed by atoms with Crippen molar-refractivity contribution in [1.29, 1.82) is 0 Å². The lowest BCUT2D eigenvalue weighted by Crippen LogP contribution is -2.51. The largest absolute Gasteiger partial charge is 0.444 e. The van der Waals surface area contributed by atoms with E-state index in [9.17, 15) is 9.59 Å². The predicted molar refractivity (Wildman–Crippen MR) is 111 cm³/mol. The summed E-state index contributed by atoms with van der Waals surface area (Å²) >= 11 is 3.42. The maximum Gasteiger partial charge on any atom is 0.410 e. The quantitative estimate of drug-likeness (QED) is 0.610. The number of alkyl halides is 1. The van der Waals surface area contributed by atoms with Gasteiger partial charge in [0.05, 0.1) is 0 Å². The molecule has 1 aromatic rings. The third kappa shape index (κ3) is 6.83. The number of hydrogen-bond donors (Lipinski definition) is 0. The van der Waals surface area contributed by atoms with Crippen molar-refractivity contribution in [3.63, 3.8) is 0 Å². The van der Waals surface area contributed by atoms with Crippen molar-refractivity contribution in [2.24, 2.45) is 0 Å². The number of likely N-dealkylation sites (tertiary alicyclic amines) is 1. The summed E-state index contributed by atoms with van der Waals surface area (Å²) in [6.07, 6.45) is 2.95. The lowest BCUT2D eigenvalue weighted by Gasteiger charge is -2.34. The van der Waals surface area contributed by atoms with Gasteiger partial charge < -0.3 is 9.64 Å². The Kier molecular flexibility index (Phi) is 8.14. The van der Waals surface area contributed by atoms with E-state index in [4.69, 9.17) is 4.74 Å².